The molecule has 6 nitrogen and oxygen atoms in total. The number of halogens is 1. The lowest BCUT2D eigenvalue weighted by molar-refractivity contribution is -0.146. The van der Waals surface area contributed by atoms with Crippen LogP contribution in [-0.4, -0.2) is 39.7 Å². The molecule has 1 atom stereocenters. The summed E-state index contributed by atoms with van der Waals surface area (Å²) in [4.78, 5) is 27.4. The van der Waals surface area contributed by atoms with E-state index < -0.39 is 12.0 Å². The molecule has 1 unspecified atom stereocenters. The van der Waals surface area contributed by atoms with Gasteiger partial charge in [0.2, 0.25) is 0 Å². The molecule has 0 aliphatic carbocycles. The molecule has 0 bridgehead atoms. The van der Waals surface area contributed by atoms with Gasteiger partial charge in [-0.25, -0.2) is 9.48 Å². The van der Waals surface area contributed by atoms with Crippen LogP contribution >= 0.6 is 11.6 Å². The van der Waals surface area contributed by atoms with Gasteiger partial charge in [-0.05, 0) is 36.2 Å². The summed E-state index contributed by atoms with van der Waals surface area (Å²) in [5.41, 5.74) is 3.97. The quantitative estimate of drug-likeness (QED) is 0.620. The molecule has 2 aromatic carbocycles. The Morgan fingerprint density at radius 2 is 1.90 bits per heavy atom. The van der Waals surface area contributed by atoms with Crippen molar-refractivity contribution in [3.8, 4) is 5.69 Å². The van der Waals surface area contributed by atoms with Crippen molar-refractivity contribution >= 4 is 23.5 Å². The third-order valence-corrected chi connectivity index (χ3v) is 5.51. The van der Waals surface area contributed by atoms with Gasteiger partial charge in [-0.1, -0.05) is 41.9 Å². The van der Waals surface area contributed by atoms with Crippen molar-refractivity contribution in [2.24, 2.45) is 0 Å². The largest absolute Gasteiger partial charge is 0.467 e. The Morgan fingerprint density at radius 1 is 1.14 bits per heavy atom. The molecule has 148 valence electrons. The van der Waals surface area contributed by atoms with Gasteiger partial charge in [-0.2, -0.15) is 5.10 Å². The minimum absolute atomic E-state index is 0.249. The highest BCUT2D eigenvalue weighted by Gasteiger charge is 2.36. The molecule has 0 saturated carbocycles. The van der Waals surface area contributed by atoms with Crippen LogP contribution < -0.4 is 0 Å². The first-order chi connectivity index (χ1) is 14.0. The van der Waals surface area contributed by atoms with Gasteiger partial charge < -0.3 is 9.64 Å². The second-order valence-electron chi connectivity index (χ2n) is 6.98. The molecule has 1 aliphatic rings. The Balaban J connectivity index is 1.70. The number of hydrogen-bond acceptors (Lipinski definition) is 4. The van der Waals surface area contributed by atoms with Crippen LogP contribution in [0.5, 0.6) is 0 Å². The van der Waals surface area contributed by atoms with Crippen LogP contribution in [0.25, 0.3) is 5.69 Å². The topological polar surface area (TPSA) is 64.4 Å². The first-order valence-electron chi connectivity index (χ1n) is 9.25. The predicted octanol–water partition coefficient (Wildman–Crippen LogP) is 3.57. The van der Waals surface area contributed by atoms with E-state index in [1.54, 1.807) is 21.7 Å². The van der Waals surface area contributed by atoms with Crippen molar-refractivity contribution in [3.63, 3.8) is 0 Å². The molecule has 0 spiro atoms. The standard InChI is InChI=1S/C22H20ClN3O3/c1-14-19(12-24-26(14)18-9-5-8-17(23)11-18)21(27)25-13-16-7-4-3-6-15(16)10-20(25)22(28)29-2/h3-9,11-12,20H,10,13H2,1-2H3. The molecule has 0 N–H and O–H groups in total. The fourth-order valence-corrected chi connectivity index (χ4v) is 3.91. The lowest BCUT2D eigenvalue weighted by Gasteiger charge is -2.35. The summed E-state index contributed by atoms with van der Waals surface area (Å²) < 4.78 is 6.64. The van der Waals surface area contributed by atoms with Gasteiger partial charge in [0.25, 0.3) is 5.91 Å². The maximum atomic E-state index is 13.4. The van der Waals surface area contributed by atoms with Crippen molar-refractivity contribution < 1.29 is 14.3 Å². The second kappa shape index (κ2) is 7.72. The molecule has 1 aromatic heterocycles. The molecule has 0 saturated heterocycles. The highest BCUT2D eigenvalue weighted by molar-refractivity contribution is 6.30. The van der Waals surface area contributed by atoms with E-state index in [0.29, 0.717) is 29.2 Å². The monoisotopic (exact) mass is 409 g/mol. The fraction of sp³-hybridized carbons (Fsp3) is 0.227. The third kappa shape index (κ3) is 3.51. The summed E-state index contributed by atoms with van der Waals surface area (Å²) in [5.74, 6) is -0.673. The zero-order valence-electron chi connectivity index (χ0n) is 16.1. The fourth-order valence-electron chi connectivity index (χ4n) is 3.73. The van der Waals surface area contributed by atoms with Gasteiger partial charge in [0.05, 0.1) is 30.3 Å². The number of amides is 1. The van der Waals surface area contributed by atoms with Crippen molar-refractivity contribution in [3.05, 3.63) is 82.1 Å². The molecule has 0 fully saturated rings. The van der Waals surface area contributed by atoms with Crippen molar-refractivity contribution in [1.29, 1.82) is 0 Å². The van der Waals surface area contributed by atoms with Gasteiger partial charge in [0.1, 0.15) is 6.04 Å². The average Bonchev–Trinajstić information content (AvgIpc) is 3.13. The summed E-state index contributed by atoms with van der Waals surface area (Å²) >= 11 is 6.09. The van der Waals surface area contributed by atoms with Crippen LogP contribution in [0.15, 0.2) is 54.7 Å². The summed E-state index contributed by atoms with van der Waals surface area (Å²) in [7, 11) is 1.34. The van der Waals surface area contributed by atoms with E-state index in [1.807, 2.05) is 43.3 Å². The van der Waals surface area contributed by atoms with Crippen LogP contribution in [0.3, 0.4) is 0 Å². The van der Waals surface area contributed by atoms with Gasteiger partial charge in [-0.3, -0.25) is 4.79 Å². The number of carbonyl (C=O) groups excluding carboxylic acids is 2. The van der Waals surface area contributed by atoms with Gasteiger partial charge in [0, 0.05) is 18.0 Å². The maximum Gasteiger partial charge on any atom is 0.328 e. The average molecular weight is 410 g/mol. The van der Waals surface area contributed by atoms with Crippen LogP contribution in [0.4, 0.5) is 0 Å². The molecule has 1 amide bonds. The molecule has 29 heavy (non-hydrogen) atoms. The molecular weight excluding hydrogens is 390 g/mol. The lowest BCUT2D eigenvalue weighted by Crippen LogP contribution is -2.49. The number of carbonyl (C=O) groups is 2. The lowest BCUT2D eigenvalue weighted by atomic mass is 9.93. The summed E-state index contributed by atoms with van der Waals surface area (Å²) in [6.07, 6.45) is 1.96. The van der Waals surface area contributed by atoms with E-state index in [-0.39, 0.29) is 5.91 Å². The predicted molar refractivity (Wildman–Crippen MR) is 109 cm³/mol. The number of rotatable bonds is 3. The van der Waals surface area contributed by atoms with Crippen LogP contribution in [0.2, 0.25) is 5.02 Å². The third-order valence-electron chi connectivity index (χ3n) is 5.28. The maximum absolute atomic E-state index is 13.4. The molecule has 4 rings (SSSR count). The number of hydrogen-bond donors (Lipinski definition) is 0. The zero-order chi connectivity index (χ0) is 20.5. The molecule has 2 heterocycles. The number of methoxy groups -OCH3 is 1. The summed E-state index contributed by atoms with van der Waals surface area (Å²) in [5, 5.41) is 4.96. The number of nitrogens with zero attached hydrogens (tertiary/aromatic N) is 3. The van der Waals surface area contributed by atoms with Gasteiger partial charge in [-0.15, -0.1) is 0 Å². The molecule has 0 radical (unpaired) electrons. The number of fused-ring (bicyclic) bond motifs is 1. The Kier molecular flexibility index (Phi) is 5.11. The molecular formula is C22H20ClN3O3. The van der Waals surface area contributed by atoms with E-state index >= 15 is 0 Å². The minimum Gasteiger partial charge on any atom is -0.467 e. The Labute approximate surface area is 173 Å². The van der Waals surface area contributed by atoms with E-state index in [2.05, 4.69) is 5.10 Å². The van der Waals surface area contributed by atoms with Crippen molar-refractivity contribution in [1.82, 2.24) is 14.7 Å². The van der Waals surface area contributed by atoms with Crippen molar-refractivity contribution in [2.45, 2.75) is 25.9 Å². The molecule has 3 aromatic rings. The summed E-state index contributed by atoms with van der Waals surface area (Å²) in [6.45, 7) is 2.17. The van der Waals surface area contributed by atoms with E-state index in [9.17, 15) is 9.59 Å². The van der Waals surface area contributed by atoms with Crippen LogP contribution in [0, 0.1) is 6.92 Å². The number of ether oxygens (including phenoxy) is 1. The summed E-state index contributed by atoms with van der Waals surface area (Å²) in [6, 6.07) is 14.4. The van der Waals surface area contributed by atoms with Crippen LogP contribution in [-0.2, 0) is 22.5 Å². The van der Waals surface area contributed by atoms with Crippen molar-refractivity contribution in [2.75, 3.05) is 7.11 Å². The molecule has 7 heteroatoms. The second-order valence-corrected chi connectivity index (χ2v) is 7.42. The highest BCUT2D eigenvalue weighted by atomic mass is 35.5. The zero-order valence-corrected chi connectivity index (χ0v) is 16.9. The molecule has 1 aliphatic heterocycles. The first-order valence-corrected chi connectivity index (χ1v) is 9.63. The Bertz CT molecular complexity index is 1090. The minimum atomic E-state index is -0.670. The first kappa shape index (κ1) is 19.2. The Hall–Kier alpha value is -3.12. The number of esters is 1. The smallest absolute Gasteiger partial charge is 0.328 e. The normalized spacial score (nSPS) is 15.7. The highest BCUT2D eigenvalue weighted by Crippen LogP contribution is 2.27. The number of benzene rings is 2. The number of aromatic nitrogens is 2. The van der Waals surface area contributed by atoms with E-state index in [1.165, 1.54) is 13.3 Å². The van der Waals surface area contributed by atoms with Crippen LogP contribution in [0.1, 0.15) is 27.2 Å². The Morgan fingerprint density at radius 3 is 2.62 bits per heavy atom. The van der Waals surface area contributed by atoms with Gasteiger partial charge >= 0.3 is 5.97 Å². The van der Waals surface area contributed by atoms with E-state index in [4.69, 9.17) is 16.3 Å². The van der Waals surface area contributed by atoms with E-state index in [0.717, 1.165) is 16.8 Å². The van der Waals surface area contributed by atoms with Gasteiger partial charge in [0.15, 0.2) is 0 Å². The SMILES string of the molecule is COC(=O)C1Cc2ccccc2CN1C(=O)c1cnn(-c2cccc(Cl)c2)c1C.